The third-order valence-electron chi connectivity index (χ3n) is 4.03. The fraction of sp³-hybridized carbons (Fsp3) is 0.333. The van der Waals surface area contributed by atoms with Gasteiger partial charge in [-0.1, -0.05) is 41.9 Å². The lowest BCUT2D eigenvalue weighted by Gasteiger charge is -2.25. The quantitative estimate of drug-likeness (QED) is 0.901. The Morgan fingerprint density at radius 2 is 1.95 bits per heavy atom. The first-order chi connectivity index (χ1) is 10.8. The Bertz CT molecular complexity index is 612. The van der Waals surface area contributed by atoms with Crippen LogP contribution in [0.25, 0.3) is 0 Å². The molecule has 2 atom stereocenters. The maximum absolute atomic E-state index is 6.34. The Kier molecular flexibility index (Phi) is 4.86. The largest absolute Gasteiger partial charge is 0.493 e. The zero-order chi connectivity index (χ0) is 15.4. The number of hydrogen-bond donors (Lipinski definition) is 1. The molecule has 3 nitrogen and oxygen atoms in total. The smallest absolute Gasteiger partial charge is 0.162 e. The SMILES string of the molecule is COc1cc(Cl)ccc1O[C@H](c1ccccc1)[C@@H]1CCNC1. The van der Waals surface area contributed by atoms with Gasteiger partial charge in [-0.25, -0.2) is 0 Å². The maximum atomic E-state index is 6.34. The fourth-order valence-electron chi connectivity index (χ4n) is 2.89. The van der Waals surface area contributed by atoms with Crippen LogP contribution in [0.1, 0.15) is 18.1 Å². The summed E-state index contributed by atoms with van der Waals surface area (Å²) in [5.41, 5.74) is 1.19. The van der Waals surface area contributed by atoms with E-state index in [-0.39, 0.29) is 6.10 Å². The van der Waals surface area contributed by atoms with Crippen molar-refractivity contribution in [2.75, 3.05) is 20.2 Å². The van der Waals surface area contributed by atoms with Gasteiger partial charge in [-0.05, 0) is 30.7 Å². The van der Waals surface area contributed by atoms with Crippen molar-refractivity contribution in [3.63, 3.8) is 0 Å². The minimum absolute atomic E-state index is 0.00581. The van der Waals surface area contributed by atoms with Crippen molar-refractivity contribution in [1.29, 1.82) is 0 Å². The molecule has 0 amide bonds. The molecule has 2 aromatic rings. The molecule has 3 rings (SSSR count). The van der Waals surface area contributed by atoms with Gasteiger partial charge < -0.3 is 14.8 Å². The van der Waals surface area contributed by atoms with E-state index < -0.39 is 0 Å². The Balaban J connectivity index is 1.90. The molecule has 0 bridgehead atoms. The fourth-order valence-corrected chi connectivity index (χ4v) is 3.05. The highest BCUT2D eigenvalue weighted by Gasteiger charge is 2.28. The molecule has 1 aliphatic rings. The summed E-state index contributed by atoms with van der Waals surface area (Å²) in [7, 11) is 1.63. The van der Waals surface area contributed by atoms with Crippen molar-refractivity contribution in [3.8, 4) is 11.5 Å². The number of methoxy groups -OCH3 is 1. The summed E-state index contributed by atoms with van der Waals surface area (Å²) in [5, 5.41) is 4.06. The van der Waals surface area contributed by atoms with Crippen LogP contribution in [0.4, 0.5) is 0 Å². The lowest BCUT2D eigenvalue weighted by molar-refractivity contribution is 0.139. The first-order valence-electron chi connectivity index (χ1n) is 7.54. The van der Waals surface area contributed by atoms with E-state index in [4.69, 9.17) is 21.1 Å². The van der Waals surface area contributed by atoms with Crippen LogP contribution in [-0.2, 0) is 0 Å². The second kappa shape index (κ2) is 7.03. The van der Waals surface area contributed by atoms with E-state index in [1.807, 2.05) is 30.3 Å². The number of halogens is 1. The second-order valence-corrected chi connectivity index (χ2v) is 5.93. The van der Waals surface area contributed by atoms with Crippen LogP contribution in [-0.4, -0.2) is 20.2 Å². The average molecular weight is 318 g/mol. The van der Waals surface area contributed by atoms with E-state index in [9.17, 15) is 0 Å². The molecule has 0 aliphatic carbocycles. The standard InChI is InChI=1S/C18H20ClNO2/c1-21-17-11-15(19)7-8-16(17)22-18(14-9-10-20-12-14)13-5-3-2-4-6-13/h2-8,11,14,18,20H,9-10,12H2,1H3/t14-,18-/m1/s1. The van der Waals surface area contributed by atoms with Crippen LogP contribution in [0.15, 0.2) is 48.5 Å². The van der Waals surface area contributed by atoms with Crippen LogP contribution < -0.4 is 14.8 Å². The van der Waals surface area contributed by atoms with E-state index in [0.717, 1.165) is 25.3 Å². The van der Waals surface area contributed by atoms with Gasteiger partial charge >= 0.3 is 0 Å². The molecule has 2 aromatic carbocycles. The van der Waals surface area contributed by atoms with Crippen LogP contribution in [0.3, 0.4) is 0 Å². The Morgan fingerprint density at radius 3 is 2.64 bits per heavy atom. The van der Waals surface area contributed by atoms with Crippen LogP contribution in [0.2, 0.25) is 5.02 Å². The van der Waals surface area contributed by atoms with Gasteiger partial charge in [-0.15, -0.1) is 0 Å². The third kappa shape index (κ3) is 3.37. The molecule has 1 saturated heterocycles. The van der Waals surface area contributed by atoms with Gasteiger partial charge in [0, 0.05) is 23.6 Å². The van der Waals surface area contributed by atoms with Crippen molar-refractivity contribution in [3.05, 3.63) is 59.1 Å². The zero-order valence-electron chi connectivity index (χ0n) is 12.6. The number of nitrogens with one attached hydrogen (secondary N) is 1. The Labute approximate surface area is 136 Å². The second-order valence-electron chi connectivity index (χ2n) is 5.50. The third-order valence-corrected chi connectivity index (χ3v) is 4.27. The highest BCUT2D eigenvalue weighted by atomic mass is 35.5. The topological polar surface area (TPSA) is 30.5 Å². The number of rotatable bonds is 5. The molecule has 4 heteroatoms. The van der Waals surface area contributed by atoms with Crippen LogP contribution in [0.5, 0.6) is 11.5 Å². The number of hydrogen-bond acceptors (Lipinski definition) is 3. The normalized spacial score (nSPS) is 18.9. The monoisotopic (exact) mass is 317 g/mol. The maximum Gasteiger partial charge on any atom is 0.162 e. The van der Waals surface area contributed by atoms with Gasteiger partial charge in [0.15, 0.2) is 11.5 Å². The summed E-state index contributed by atoms with van der Waals surface area (Å²) in [4.78, 5) is 0. The van der Waals surface area contributed by atoms with Crippen molar-refractivity contribution < 1.29 is 9.47 Å². The summed E-state index contributed by atoms with van der Waals surface area (Å²) in [6, 6.07) is 15.8. The lowest BCUT2D eigenvalue weighted by atomic mass is 9.95. The van der Waals surface area contributed by atoms with Crippen LogP contribution in [0, 0.1) is 5.92 Å². The highest BCUT2D eigenvalue weighted by molar-refractivity contribution is 6.30. The molecule has 0 radical (unpaired) electrons. The molecule has 116 valence electrons. The lowest BCUT2D eigenvalue weighted by Crippen LogP contribution is -2.21. The van der Waals surface area contributed by atoms with Gasteiger partial charge in [-0.3, -0.25) is 0 Å². The summed E-state index contributed by atoms with van der Waals surface area (Å²) in [6.45, 7) is 2.00. The Hall–Kier alpha value is -1.71. The van der Waals surface area contributed by atoms with Crippen molar-refractivity contribution in [2.24, 2.45) is 5.92 Å². The average Bonchev–Trinajstić information content (AvgIpc) is 3.08. The van der Waals surface area contributed by atoms with E-state index >= 15 is 0 Å². The van der Waals surface area contributed by atoms with Crippen molar-refractivity contribution in [1.82, 2.24) is 5.32 Å². The van der Waals surface area contributed by atoms with E-state index in [2.05, 4.69) is 17.4 Å². The molecule has 1 fully saturated rings. The summed E-state index contributed by atoms with van der Waals surface area (Å²) in [6.07, 6.45) is 1.11. The molecule has 0 aromatic heterocycles. The molecule has 1 heterocycles. The zero-order valence-corrected chi connectivity index (χ0v) is 13.3. The molecule has 0 saturated carbocycles. The molecule has 0 spiro atoms. The van der Waals surface area contributed by atoms with Crippen molar-refractivity contribution in [2.45, 2.75) is 12.5 Å². The summed E-state index contributed by atoms with van der Waals surface area (Å²) >= 11 is 6.03. The van der Waals surface area contributed by atoms with Crippen molar-refractivity contribution >= 4 is 11.6 Å². The predicted molar refractivity (Wildman–Crippen MR) is 88.8 cm³/mol. The van der Waals surface area contributed by atoms with Gasteiger partial charge in [0.25, 0.3) is 0 Å². The Morgan fingerprint density at radius 1 is 1.14 bits per heavy atom. The minimum Gasteiger partial charge on any atom is -0.493 e. The first-order valence-corrected chi connectivity index (χ1v) is 7.91. The molecule has 1 N–H and O–H groups in total. The van der Waals surface area contributed by atoms with Gasteiger partial charge in [0.05, 0.1) is 7.11 Å². The molecular formula is C18H20ClNO2. The number of benzene rings is 2. The first kappa shape index (κ1) is 15.2. The van der Waals surface area contributed by atoms with E-state index in [0.29, 0.717) is 16.7 Å². The highest BCUT2D eigenvalue weighted by Crippen LogP contribution is 2.37. The molecular weight excluding hydrogens is 298 g/mol. The van der Waals surface area contributed by atoms with Gasteiger partial charge in [0.2, 0.25) is 0 Å². The summed E-state index contributed by atoms with van der Waals surface area (Å²) < 4.78 is 11.7. The molecule has 0 unspecified atom stereocenters. The molecule has 1 aliphatic heterocycles. The van der Waals surface area contributed by atoms with E-state index in [1.54, 1.807) is 13.2 Å². The predicted octanol–water partition coefficient (Wildman–Crippen LogP) is 4.08. The minimum atomic E-state index is 0.00581. The number of ether oxygens (including phenoxy) is 2. The van der Waals surface area contributed by atoms with Crippen LogP contribution >= 0.6 is 11.6 Å². The van der Waals surface area contributed by atoms with Gasteiger partial charge in [-0.2, -0.15) is 0 Å². The summed E-state index contributed by atoms with van der Waals surface area (Å²) in [5.74, 6) is 1.84. The molecule has 22 heavy (non-hydrogen) atoms. The van der Waals surface area contributed by atoms with E-state index in [1.165, 1.54) is 5.56 Å². The van der Waals surface area contributed by atoms with Gasteiger partial charge in [0.1, 0.15) is 6.10 Å².